The molecule has 1 amide bonds. The van der Waals surface area contributed by atoms with Crippen LogP contribution in [0, 0.1) is 0 Å². The minimum Gasteiger partial charge on any atom is -0.488 e. The Labute approximate surface area is 141 Å². The lowest BCUT2D eigenvalue weighted by Crippen LogP contribution is -2.43. The van der Waals surface area contributed by atoms with Crippen LogP contribution in [0.3, 0.4) is 0 Å². The minimum atomic E-state index is -0.877. The Bertz CT molecular complexity index is 759. The Morgan fingerprint density at radius 2 is 2.17 bits per heavy atom. The number of piperidine rings is 1. The first-order valence-corrected chi connectivity index (χ1v) is 8.60. The molecule has 1 aliphatic heterocycles. The van der Waals surface area contributed by atoms with Crippen LogP contribution in [0.4, 0.5) is 4.79 Å². The second-order valence-corrected chi connectivity index (χ2v) is 6.88. The largest absolute Gasteiger partial charge is 0.488 e. The summed E-state index contributed by atoms with van der Waals surface area (Å²) in [5.41, 5.74) is 1.88. The maximum Gasteiger partial charge on any atom is 0.407 e. The normalized spacial score (nSPS) is 21.6. The zero-order chi connectivity index (χ0) is 16.0. The Morgan fingerprint density at radius 3 is 2.91 bits per heavy atom. The van der Waals surface area contributed by atoms with E-state index in [2.05, 4.69) is 26.1 Å². The van der Waals surface area contributed by atoms with E-state index in [1.54, 1.807) is 0 Å². The molecule has 1 saturated carbocycles. The van der Waals surface area contributed by atoms with Crippen LogP contribution in [0.1, 0.15) is 37.2 Å². The van der Waals surface area contributed by atoms with Gasteiger partial charge in [-0.05, 0) is 47.5 Å². The zero-order valence-electron chi connectivity index (χ0n) is 12.5. The van der Waals surface area contributed by atoms with Crippen molar-refractivity contribution in [2.75, 3.05) is 13.1 Å². The van der Waals surface area contributed by atoms with Gasteiger partial charge in [-0.1, -0.05) is 0 Å². The van der Waals surface area contributed by atoms with Gasteiger partial charge in [-0.3, -0.25) is 4.40 Å². The van der Waals surface area contributed by atoms with Crippen molar-refractivity contribution >= 4 is 27.7 Å². The van der Waals surface area contributed by atoms with Crippen LogP contribution in [-0.2, 0) is 0 Å². The molecule has 2 fully saturated rings. The molecule has 1 aliphatic carbocycles. The number of nitrogens with zero attached hydrogens (tertiary/aromatic N) is 4. The van der Waals surface area contributed by atoms with E-state index in [9.17, 15) is 4.79 Å². The third kappa shape index (κ3) is 2.87. The summed E-state index contributed by atoms with van der Waals surface area (Å²) >= 11 is 3.39. The lowest BCUT2D eigenvalue weighted by molar-refractivity contribution is 0.0787. The van der Waals surface area contributed by atoms with Crippen LogP contribution in [0.5, 0.6) is 5.75 Å². The number of hydrogen-bond donors (Lipinski definition) is 1. The predicted octanol–water partition coefficient (Wildman–Crippen LogP) is 2.89. The molecule has 1 atom stereocenters. The van der Waals surface area contributed by atoms with Crippen molar-refractivity contribution in [3.05, 3.63) is 22.6 Å². The number of amides is 1. The molecule has 2 aromatic heterocycles. The molecule has 1 unspecified atom stereocenters. The van der Waals surface area contributed by atoms with Gasteiger partial charge < -0.3 is 14.7 Å². The smallest absolute Gasteiger partial charge is 0.407 e. The number of likely N-dealkylation sites (tertiary alicyclic amines) is 1. The molecule has 1 N–H and O–H groups in total. The second kappa shape index (κ2) is 5.67. The summed E-state index contributed by atoms with van der Waals surface area (Å²) in [7, 11) is 0. The molecule has 122 valence electrons. The molecule has 0 aromatic carbocycles. The lowest BCUT2D eigenvalue weighted by Gasteiger charge is -2.31. The number of aromatic nitrogens is 3. The molecule has 0 spiro atoms. The second-order valence-electron chi connectivity index (χ2n) is 6.18. The first kappa shape index (κ1) is 14.7. The van der Waals surface area contributed by atoms with Crippen LogP contribution in [0.15, 0.2) is 17.0 Å². The van der Waals surface area contributed by atoms with Crippen LogP contribution < -0.4 is 4.74 Å². The fraction of sp³-hybridized carbons (Fsp3) is 0.533. The van der Waals surface area contributed by atoms with Crippen molar-refractivity contribution in [3.63, 3.8) is 0 Å². The number of ether oxygens (including phenoxy) is 1. The summed E-state index contributed by atoms with van der Waals surface area (Å²) in [5, 5.41) is 17.3. The zero-order valence-corrected chi connectivity index (χ0v) is 14.1. The number of pyridine rings is 1. The highest BCUT2D eigenvalue weighted by Gasteiger charge is 2.30. The van der Waals surface area contributed by atoms with E-state index in [0.29, 0.717) is 23.7 Å². The third-order valence-electron chi connectivity index (χ3n) is 4.45. The molecule has 4 rings (SSSR count). The molecule has 2 aromatic rings. The van der Waals surface area contributed by atoms with Gasteiger partial charge in [0, 0.05) is 24.4 Å². The van der Waals surface area contributed by atoms with Gasteiger partial charge in [0.15, 0.2) is 5.65 Å². The van der Waals surface area contributed by atoms with Crippen molar-refractivity contribution in [3.8, 4) is 5.75 Å². The maximum atomic E-state index is 11.2. The van der Waals surface area contributed by atoms with Gasteiger partial charge in [-0.2, -0.15) is 0 Å². The SMILES string of the molecule is O=C(O)N1CCCC(Oc2cc3nnc(Br)n3cc2C2CC2)C1. The summed E-state index contributed by atoms with van der Waals surface area (Å²) in [4.78, 5) is 12.6. The number of fused-ring (bicyclic) bond motifs is 1. The lowest BCUT2D eigenvalue weighted by atomic mass is 10.1. The third-order valence-corrected chi connectivity index (χ3v) is 4.99. The Balaban J connectivity index is 1.62. The molecule has 23 heavy (non-hydrogen) atoms. The fourth-order valence-corrected chi connectivity index (χ4v) is 3.46. The molecular weight excluding hydrogens is 364 g/mol. The topological polar surface area (TPSA) is 80.0 Å². The van der Waals surface area contributed by atoms with E-state index < -0.39 is 6.09 Å². The summed E-state index contributed by atoms with van der Waals surface area (Å²) in [6.45, 7) is 1.00. The van der Waals surface area contributed by atoms with Crippen molar-refractivity contribution in [1.29, 1.82) is 0 Å². The van der Waals surface area contributed by atoms with Crippen LogP contribution in [0.2, 0.25) is 0 Å². The highest BCUT2D eigenvalue weighted by Crippen LogP contribution is 2.45. The highest BCUT2D eigenvalue weighted by atomic mass is 79.9. The molecular formula is C15H17BrN4O3. The number of carboxylic acid groups (broad SMARTS) is 1. The number of rotatable bonds is 3. The van der Waals surface area contributed by atoms with Crippen LogP contribution in [-0.4, -0.2) is 49.9 Å². The average molecular weight is 381 g/mol. The van der Waals surface area contributed by atoms with Crippen molar-refractivity contribution < 1.29 is 14.6 Å². The van der Waals surface area contributed by atoms with Gasteiger partial charge in [0.1, 0.15) is 11.9 Å². The summed E-state index contributed by atoms with van der Waals surface area (Å²) < 4.78 is 8.77. The molecule has 1 saturated heterocycles. The van der Waals surface area contributed by atoms with Crippen LogP contribution >= 0.6 is 15.9 Å². The van der Waals surface area contributed by atoms with E-state index in [-0.39, 0.29) is 6.10 Å². The van der Waals surface area contributed by atoms with Gasteiger partial charge in [0.05, 0.1) is 6.54 Å². The summed E-state index contributed by atoms with van der Waals surface area (Å²) in [6.07, 6.45) is 5.07. The van der Waals surface area contributed by atoms with Gasteiger partial charge >= 0.3 is 6.09 Å². The first-order valence-electron chi connectivity index (χ1n) is 7.80. The van der Waals surface area contributed by atoms with Gasteiger partial charge in [0.25, 0.3) is 0 Å². The van der Waals surface area contributed by atoms with Crippen molar-refractivity contribution in [2.24, 2.45) is 0 Å². The summed E-state index contributed by atoms with van der Waals surface area (Å²) in [5.74, 6) is 1.33. The van der Waals surface area contributed by atoms with Gasteiger partial charge in [0.2, 0.25) is 4.73 Å². The Kier molecular flexibility index (Phi) is 3.63. The Hall–Kier alpha value is -1.83. The maximum absolute atomic E-state index is 11.2. The van der Waals surface area contributed by atoms with E-state index in [0.717, 1.165) is 42.6 Å². The first-order chi connectivity index (χ1) is 11.1. The highest BCUT2D eigenvalue weighted by molar-refractivity contribution is 9.10. The number of carbonyl (C=O) groups is 1. The molecule has 0 bridgehead atoms. The number of hydrogen-bond acceptors (Lipinski definition) is 4. The molecule has 8 heteroatoms. The van der Waals surface area contributed by atoms with E-state index in [1.807, 2.05) is 16.7 Å². The molecule has 7 nitrogen and oxygen atoms in total. The van der Waals surface area contributed by atoms with Gasteiger partial charge in [-0.25, -0.2) is 4.79 Å². The van der Waals surface area contributed by atoms with Crippen LogP contribution in [0.25, 0.3) is 5.65 Å². The summed E-state index contributed by atoms with van der Waals surface area (Å²) in [6, 6.07) is 1.91. The molecule has 2 aliphatic rings. The van der Waals surface area contributed by atoms with E-state index >= 15 is 0 Å². The van der Waals surface area contributed by atoms with Crippen molar-refractivity contribution in [2.45, 2.75) is 37.7 Å². The predicted molar refractivity (Wildman–Crippen MR) is 85.9 cm³/mol. The molecule has 3 heterocycles. The average Bonchev–Trinajstić information content (AvgIpc) is 3.32. The van der Waals surface area contributed by atoms with E-state index in [4.69, 9.17) is 9.84 Å². The quantitative estimate of drug-likeness (QED) is 0.885. The van der Waals surface area contributed by atoms with Gasteiger partial charge in [-0.15, -0.1) is 10.2 Å². The number of halogens is 1. The minimum absolute atomic E-state index is 0.105. The van der Waals surface area contributed by atoms with E-state index in [1.165, 1.54) is 4.90 Å². The fourth-order valence-electron chi connectivity index (χ4n) is 3.10. The Morgan fingerprint density at radius 1 is 1.35 bits per heavy atom. The standard InChI is InChI=1S/C15H17BrN4O3/c16-14-18-17-13-6-12(11(8-20(13)14)9-3-4-9)23-10-2-1-5-19(7-10)15(21)22/h6,8-10H,1-5,7H2,(H,21,22). The molecule has 0 radical (unpaired) electrons. The van der Waals surface area contributed by atoms with Crippen molar-refractivity contribution in [1.82, 2.24) is 19.5 Å². The monoisotopic (exact) mass is 380 g/mol.